The summed E-state index contributed by atoms with van der Waals surface area (Å²) < 4.78 is 68.7. The molecule has 8 fully saturated rings. The van der Waals surface area contributed by atoms with Crippen LogP contribution in [-0.2, 0) is 42.5 Å². The van der Waals surface area contributed by atoms with Crippen molar-refractivity contribution in [3.05, 3.63) is 223 Å². The van der Waals surface area contributed by atoms with Gasteiger partial charge in [-0.2, -0.15) is 10.5 Å². The van der Waals surface area contributed by atoms with Crippen molar-refractivity contribution in [1.29, 1.82) is 10.5 Å². The number of fused-ring (bicyclic) bond motifs is 2. The van der Waals surface area contributed by atoms with Gasteiger partial charge >= 0.3 is 19.1 Å². The first-order valence-corrected chi connectivity index (χ1v) is 43.8. The number of imidazole rings is 2. The summed E-state index contributed by atoms with van der Waals surface area (Å²) in [6.45, 7) is 25.7. The zero-order valence-electron chi connectivity index (χ0n) is 69.6. The third-order valence-corrected chi connectivity index (χ3v) is 23.6. The Kier molecular flexibility index (Phi) is 33.8. The molecule has 4 aromatic heterocycles. The minimum Gasteiger partial charge on any atom is -0.478 e. The van der Waals surface area contributed by atoms with Crippen LogP contribution in [0, 0.1) is 28.5 Å². The van der Waals surface area contributed by atoms with Gasteiger partial charge in [-0.1, -0.05) is 84.2 Å². The van der Waals surface area contributed by atoms with Gasteiger partial charge < -0.3 is 81.6 Å². The van der Waals surface area contributed by atoms with Crippen LogP contribution in [0.1, 0.15) is 119 Å². The van der Waals surface area contributed by atoms with E-state index in [0.29, 0.717) is 113 Å². The fourth-order valence-electron chi connectivity index (χ4n) is 14.5. The summed E-state index contributed by atoms with van der Waals surface area (Å²) in [5.74, 6) is -2.74. The molecular formula is C92H102BBr3FN11O15. The summed E-state index contributed by atoms with van der Waals surface area (Å²) in [7, 11) is -0.416. The van der Waals surface area contributed by atoms with Crippen molar-refractivity contribution in [2.45, 2.75) is 77.4 Å². The Bertz CT molecular complexity index is 5250. The summed E-state index contributed by atoms with van der Waals surface area (Å²) in [6, 6.07) is 48.3. The summed E-state index contributed by atoms with van der Waals surface area (Å²) in [5, 5.41) is 35.6. The Morgan fingerprint density at radius 2 is 0.740 bits per heavy atom. The minimum absolute atomic E-state index is 0.0458. The minimum atomic E-state index is -1.25. The number of carbonyl (C=O) groups excluding carboxylic acids is 2. The van der Waals surface area contributed by atoms with Crippen molar-refractivity contribution in [1.82, 2.24) is 28.6 Å². The predicted octanol–water partition coefficient (Wildman–Crippen LogP) is 15.4. The zero-order chi connectivity index (χ0) is 86.8. The Morgan fingerprint density at radius 1 is 0.398 bits per heavy atom. The van der Waals surface area contributed by atoms with Crippen LogP contribution in [0.2, 0.25) is 0 Å². The Labute approximate surface area is 741 Å². The molecule has 8 saturated heterocycles. The van der Waals surface area contributed by atoms with Crippen LogP contribution < -0.4 is 20.2 Å². The monoisotopic (exact) mass is 1870 g/mol. The van der Waals surface area contributed by atoms with Gasteiger partial charge in [-0.25, -0.2) is 23.9 Å². The van der Waals surface area contributed by atoms with Gasteiger partial charge in [0, 0.05) is 129 Å². The summed E-state index contributed by atoms with van der Waals surface area (Å²) in [4.78, 5) is 66.9. The first kappa shape index (κ1) is 92.2. The molecule has 12 heterocycles. The maximum atomic E-state index is 13.5. The molecule has 8 aliphatic heterocycles. The smallest absolute Gasteiger partial charge is 0.478 e. The van der Waals surface area contributed by atoms with Crippen LogP contribution in [0.4, 0.5) is 21.5 Å². The highest BCUT2D eigenvalue weighted by Crippen LogP contribution is 2.38. The number of pyridine rings is 2. The van der Waals surface area contributed by atoms with E-state index in [0.717, 1.165) is 159 Å². The number of anilines is 3. The fraction of sp³-hybridized carbons (Fsp3) is 0.391. The maximum absolute atomic E-state index is 13.5. The summed E-state index contributed by atoms with van der Waals surface area (Å²) in [6.07, 6.45) is 15.6. The lowest BCUT2D eigenvalue weighted by atomic mass is 9.80. The number of carboxylic acids is 2. The lowest BCUT2D eigenvalue weighted by Crippen LogP contribution is -2.42. The van der Waals surface area contributed by atoms with Crippen LogP contribution >= 0.6 is 47.8 Å². The van der Waals surface area contributed by atoms with Gasteiger partial charge in [0.05, 0.1) is 164 Å². The van der Waals surface area contributed by atoms with E-state index in [1.807, 2.05) is 169 Å². The Balaban J connectivity index is 0.000000141. The Morgan fingerprint density at radius 3 is 1.13 bits per heavy atom. The zero-order valence-corrected chi connectivity index (χ0v) is 74.3. The molecular weight excluding hydrogens is 1770 g/mol. The van der Waals surface area contributed by atoms with Crippen molar-refractivity contribution < 1.29 is 76.2 Å². The van der Waals surface area contributed by atoms with Gasteiger partial charge in [-0.3, -0.25) is 14.0 Å². The summed E-state index contributed by atoms with van der Waals surface area (Å²) >= 11 is 9.88. The second-order valence-corrected chi connectivity index (χ2v) is 33.6. The average Bonchev–Trinajstić information content (AvgIpc) is 1.68. The topological polar surface area (TPSA) is 290 Å². The Hall–Kier alpha value is -9.97. The number of carbonyl (C=O) groups is 4. The van der Waals surface area contributed by atoms with Crippen molar-refractivity contribution in [2.75, 3.05) is 173 Å². The molecule has 0 saturated carbocycles. The first-order valence-electron chi connectivity index (χ1n) is 41.4. The highest BCUT2D eigenvalue weighted by molar-refractivity contribution is 9.11. The van der Waals surface area contributed by atoms with E-state index in [1.54, 1.807) is 12.1 Å². The number of nitrogens with zero attached hydrogens (tertiary/aromatic N) is 11. The van der Waals surface area contributed by atoms with E-state index in [2.05, 4.69) is 102 Å². The molecule has 26 nitrogen and oxygen atoms in total. The number of nitriles is 2. The molecule has 0 spiro atoms. The molecule has 0 bridgehead atoms. The van der Waals surface area contributed by atoms with Gasteiger partial charge in [0.1, 0.15) is 17.1 Å². The largest absolute Gasteiger partial charge is 0.496 e. The molecule has 2 N–H and O–H groups in total. The van der Waals surface area contributed by atoms with E-state index in [4.69, 9.17) is 63.2 Å². The fourth-order valence-corrected chi connectivity index (χ4v) is 15.5. The summed E-state index contributed by atoms with van der Waals surface area (Å²) in [5.41, 5.74) is 13.3. The van der Waals surface area contributed by atoms with Crippen molar-refractivity contribution in [3.63, 3.8) is 0 Å². The van der Waals surface area contributed by atoms with Gasteiger partial charge in [-0.05, 0) is 192 Å². The van der Waals surface area contributed by atoms with Gasteiger partial charge in [0.15, 0.2) is 0 Å². The molecule has 0 radical (unpaired) electrons. The van der Waals surface area contributed by atoms with E-state index in [9.17, 15) is 23.6 Å². The number of hydrogen-bond acceptors (Lipinski definition) is 20. The lowest BCUT2D eigenvalue weighted by Gasteiger charge is -2.33. The molecule has 0 aliphatic carbocycles. The van der Waals surface area contributed by atoms with Crippen LogP contribution in [0.5, 0.6) is 0 Å². The van der Waals surface area contributed by atoms with Crippen LogP contribution in [0.25, 0.3) is 44.9 Å². The molecule has 8 aliphatic rings. The van der Waals surface area contributed by atoms with Crippen molar-refractivity contribution in [3.8, 4) is 45.8 Å². The van der Waals surface area contributed by atoms with Gasteiger partial charge in [0.2, 0.25) is 0 Å². The van der Waals surface area contributed by atoms with Crippen molar-refractivity contribution in [2.24, 2.45) is 0 Å². The maximum Gasteiger partial charge on any atom is 0.496 e. The van der Waals surface area contributed by atoms with E-state index >= 15 is 0 Å². The molecule has 6 aromatic carbocycles. The van der Waals surface area contributed by atoms with Crippen LogP contribution in [-0.4, -0.2) is 239 Å². The van der Waals surface area contributed by atoms with Crippen LogP contribution in [0.15, 0.2) is 184 Å². The third-order valence-electron chi connectivity index (χ3n) is 22.1. The molecule has 31 heteroatoms. The molecule has 18 rings (SSSR count). The number of carboxylic acid groups (broad SMARTS) is 2. The number of benzene rings is 6. The molecule has 10 aromatic rings. The average molecular weight is 1870 g/mol. The number of aromatic carboxylic acids is 2. The molecule has 646 valence electrons. The number of rotatable bonds is 11. The highest BCUT2D eigenvalue weighted by atomic mass is 79.9. The second kappa shape index (κ2) is 45.1. The number of ether oxygens (including phenoxy) is 7. The lowest BCUT2D eigenvalue weighted by molar-refractivity contribution is 0.00578. The predicted molar refractivity (Wildman–Crippen MR) is 480 cm³/mol. The van der Waals surface area contributed by atoms with Gasteiger partial charge in [-0.15, -0.1) is 0 Å². The van der Waals surface area contributed by atoms with E-state index in [1.165, 1.54) is 50.7 Å². The van der Waals surface area contributed by atoms with Crippen LogP contribution in [0.3, 0.4) is 0 Å². The molecule has 123 heavy (non-hydrogen) atoms. The SMILES string of the molecule is C1CCOCC1.C1CCOCC1.CC1(C)OB(c2ccc3ncc(-c4ccc(C#N)cc4)n3c2)OC1(C)C.N#Cc1ccc(-c2cnc3ccc(-c4ccc(C(=O)N5CCOCC5)c(N5CCOCC5)c4)cn23)cc1.O=C(O)c1ccc(Br)cc1F.O=C(O)c1ccc(Br)cc1N1CCOCC1.O=C(c1ccc(Br)cc1N1CCOCC1)N1CCOCC1. The van der Waals surface area contributed by atoms with E-state index in [-0.39, 0.29) is 28.6 Å². The number of hydrogen-bond donors (Lipinski definition) is 2. The molecule has 2 amide bonds. The number of aromatic nitrogens is 4. The standard InChI is InChI=1S/C29H27N5O3.C20H20BN3O2.C15H19BrN2O3.C11H12BrNO3.C7H4BrFO2.2C5H10O/c30-18-21-1-3-22(4-2-21)27-19-31-28-8-6-24(20-34(27)28)23-5-7-25(29(35)33-11-15-37-16-12-33)26(17-23)32-9-13-36-14-10-32;1-19(2)20(3,4)26-21(25-19)16-9-10-18-23-12-17(24(18)13-16)15-7-5-14(11-22)6-8-15;16-12-1-2-13(15(19)18-5-9-21-10-6-18)14(11-12)17-3-7-20-8-4-17;12-8-1-2-9(11(14)15)10(7-8)13-3-5-16-6-4-13;8-4-1-2-5(7(10)11)6(9)3-4;2*1-2-4-6-5-3-1/h1-8,17,19-20H,9-16H2;5-10,12-13H,1-4H3;1-2,11H,3-10H2;1-2,7H,3-6H2,(H,14,15);1-3H,(H,10,11);2*1-5H2. The first-order chi connectivity index (χ1) is 59.6. The molecule has 0 atom stereocenters. The molecule has 0 unspecified atom stereocenters. The number of amides is 2. The highest BCUT2D eigenvalue weighted by Gasteiger charge is 2.52. The third kappa shape index (κ3) is 25.0. The second-order valence-electron chi connectivity index (χ2n) is 30.8. The quantitative estimate of drug-likeness (QED) is 0.114. The van der Waals surface area contributed by atoms with Crippen molar-refractivity contribution >= 4 is 112 Å². The normalized spacial score (nSPS) is 17.3. The van der Waals surface area contributed by atoms with Gasteiger partial charge in [0.25, 0.3) is 11.8 Å². The van der Waals surface area contributed by atoms with E-state index < -0.39 is 24.9 Å². The number of morpholine rings is 5. The number of halogens is 4.